The molecule has 0 atom stereocenters. The second-order valence-corrected chi connectivity index (χ2v) is 8.68. The van der Waals surface area contributed by atoms with E-state index in [0.29, 0.717) is 33.7 Å². The molecule has 0 aliphatic carbocycles. The zero-order valence-electron chi connectivity index (χ0n) is 18.7. The Morgan fingerprint density at radius 3 is 2.52 bits per heavy atom. The highest BCUT2D eigenvalue weighted by atomic mass is 19.1. The molecule has 5 rings (SSSR count). The molecule has 10 heteroatoms. The lowest BCUT2D eigenvalue weighted by Crippen LogP contribution is -2.45. The van der Waals surface area contributed by atoms with E-state index in [2.05, 4.69) is 10.1 Å². The van der Waals surface area contributed by atoms with Crippen molar-refractivity contribution in [3.63, 3.8) is 0 Å². The van der Waals surface area contributed by atoms with Crippen molar-refractivity contribution >= 4 is 32.5 Å². The summed E-state index contributed by atoms with van der Waals surface area (Å²) in [6, 6.07) is 9.45. The first-order chi connectivity index (χ1) is 15.7. The van der Waals surface area contributed by atoms with Crippen molar-refractivity contribution in [2.45, 2.75) is 11.9 Å². The van der Waals surface area contributed by atoms with Crippen molar-refractivity contribution < 1.29 is 18.3 Å². The van der Waals surface area contributed by atoms with Crippen LogP contribution in [-0.2, 0) is 18.9 Å². The standard InChI is InChI=1S/C23H20B2F2N4O2/c1-30-10-16-15(8-13(33-2)9-20(16)29-30)12-6-18(26)17(19(27)7-12)11-31-22(32)14-4-3-5-28-21(14)23(31,24)25/h3-10H,11,24-25H2,1-2H3. The van der Waals surface area contributed by atoms with Crippen molar-refractivity contribution in [2.75, 3.05) is 7.11 Å². The third-order valence-electron chi connectivity index (χ3n) is 6.25. The van der Waals surface area contributed by atoms with Crippen LogP contribution in [0.1, 0.15) is 21.6 Å². The van der Waals surface area contributed by atoms with Crippen LogP contribution in [-0.4, -0.2) is 48.4 Å². The second kappa shape index (κ2) is 7.43. The lowest BCUT2D eigenvalue weighted by atomic mass is 9.59. The number of fused-ring (bicyclic) bond motifs is 2. The zero-order chi connectivity index (χ0) is 23.5. The van der Waals surface area contributed by atoms with Crippen molar-refractivity contribution in [1.82, 2.24) is 19.7 Å². The van der Waals surface area contributed by atoms with Gasteiger partial charge in [-0.1, -0.05) is 0 Å². The molecule has 1 amide bonds. The maximum atomic E-state index is 15.3. The minimum Gasteiger partial charge on any atom is -0.497 e. The van der Waals surface area contributed by atoms with Gasteiger partial charge in [-0.3, -0.25) is 14.5 Å². The first-order valence-corrected chi connectivity index (χ1v) is 10.5. The maximum Gasteiger partial charge on any atom is 0.255 e. The molecule has 0 N–H and O–H groups in total. The van der Waals surface area contributed by atoms with Gasteiger partial charge in [0.05, 0.1) is 30.4 Å². The number of halogens is 2. The van der Waals surface area contributed by atoms with Gasteiger partial charge in [-0.2, -0.15) is 5.10 Å². The normalized spacial score (nSPS) is 14.7. The smallest absolute Gasteiger partial charge is 0.255 e. The first kappa shape index (κ1) is 21.2. The number of aryl methyl sites for hydroxylation is 1. The Morgan fingerprint density at radius 2 is 1.85 bits per heavy atom. The number of rotatable bonds is 4. The minimum atomic E-state index is -0.792. The maximum absolute atomic E-state index is 15.3. The van der Waals surface area contributed by atoms with Crippen molar-refractivity contribution in [3.05, 3.63) is 77.2 Å². The average molecular weight is 444 g/mol. The summed E-state index contributed by atoms with van der Waals surface area (Å²) in [5.74, 6) is -1.21. The van der Waals surface area contributed by atoms with E-state index in [1.165, 1.54) is 24.1 Å². The Labute approximate surface area is 191 Å². The molecule has 0 saturated carbocycles. The summed E-state index contributed by atoms with van der Waals surface area (Å²) >= 11 is 0. The molecule has 0 unspecified atom stereocenters. The van der Waals surface area contributed by atoms with E-state index in [0.717, 1.165) is 5.39 Å². The van der Waals surface area contributed by atoms with Gasteiger partial charge in [0.1, 0.15) is 33.1 Å². The molecule has 1 aliphatic heterocycles. The Bertz CT molecular complexity index is 1410. The van der Waals surface area contributed by atoms with Crippen molar-refractivity contribution in [3.8, 4) is 16.9 Å². The van der Waals surface area contributed by atoms with Crippen LogP contribution in [0.15, 0.2) is 48.8 Å². The molecular weight excluding hydrogens is 424 g/mol. The predicted molar refractivity (Wildman–Crippen MR) is 125 cm³/mol. The van der Waals surface area contributed by atoms with Crippen LogP contribution in [0, 0.1) is 11.6 Å². The van der Waals surface area contributed by atoms with E-state index in [9.17, 15) is 4.79 Å². The number of hydrogen-bond donors (Lipinski definition) is 0. The third kappa shape index (κ3) is 3.28. The fraction of sp³-hybridized carbons (Fsp3) is 0.174. The highest BCUT2D eigenvalue weighted by Crippen LogP contribution is 2.37. The molecule has 6 nitrogen and oxygen atoms in total. The Kier molecular flexibility index (Phi) is 4.77. The van der Waals surface area contributed by atoms with E-state index >= 15 is 8.78 Å². The first-order valence-electron chi connectivity index (χ1n) is 10.5. The Hall–Kier alpha value is -3.68. The molecule has 1 aliphatic rings. The SMILES string of the molecule is BC1(B)c2ncccc2C(=O)N1Cc1c(F)cc(-c2cc(OC)cc3nn(C)cc23)cc1F. The molecule has 164 valence electrons. The quantitative estimate of drug-likeness (QED) is 0.452. The van der Waals surface area contributed by atoms with E-state index in [4.69, 9.17) is 4.74 Å². The van der Waals surface area contributed by atoms with Crippen molar-refractivity contribution in [1.29, 1.82) is 0 Å². The fourth-order valence-electron chi connectivity index (χ4n) is 4.50. The summed E-state index contributed by atoms with van der Waals surface area (Å²) in [5, 5.41) is 4.34. The third-order valence-corrected chi connectivity index (χ3v) is 6.25. The van der Waals surface area contributed by atoms with Gasteiger partial charge in [0, 0.05) is 41.8 Å². The molecule has 33 heavy (non-hydrogen) atoms. The molecule has 0 radical (unpaired) electrons. The number of nitrogens with zero attached hydrogens (tertiary/aromatic N) is 4. The number of pyridine rings is 1. The van der Waals surface area contributed by atoms with Crippen LogP contribution < -0.4 is 4.74 Å². The Balaban J connectivity index is 1.56. The van der Waals surface area contributed by atoms with Crippen LogP contribution >= 0.6 is 0 Å². The number of carbonyl (C=O) groups excluding carboxylic acids is 1. The average Bonchev–Trinajstić information content (AvgIpc) is 3.24. The summed E-state index contributed by atoms with van der Waals surface area (Å²) < 4.78 is 37.6. The number of methoxy groups -OCH3 is 1. The monoisotopic (exact) mass is 444 g/mol. The summed E-state index contributed by atoms with van der Waals surface area (Å²) in [4.78, 5) is 18.8. The van der Waals surface area contributed by atoms with Gasteiger partial charge in [0.15, 0.2) is 0 Å². The van der Waals surface area contributed by atoms with Gasteiger partial charge in [0.2, 0.25) is 0 Å². The zero-order valence-corrected chi connectivity index (χ0v) is 18.7. The molecule has 0 fully saturated rings. The topological polar surface area (TPSA) is 60.3 Å². The lowest BCUT2D eigenvalue weighted by molar-refractivity contribution is 0.0727. The molecule has 0 bridgehead atoms. The van der Waals surface area contributed by atoms with E-state index in [1.54, 1.807) is 48.4 Å². The molecular formula is C23H20B2F2N4O2. The van der Waals surface area contributed by atoms with Crippen molar-refractivity contribution in [2.24, 2.45) is 7.05 Å². The van der Waals surface area contributed by atoms with Gasteiger partial charge in [-0.05, 0) is 41.5 Å². The highest BCUT2D eigenvalue weighted by molar-refractivity contribution is 6.42. The second-order valence-electron chi connectivity index (χ2n) is 8.68. The van der Waals surface area contributed by atoms with E-state index in [-0.39, 0.29) is 18.0 Å². The van der Waals surface area contributed by atoms with E-state index < -0.39 is 17.0 Å². The van der Waals surface area contributed by atoms with Crippen LogP contribution in [0.5, 0.6) is 5.75 Å². The molecule has 3 heterocycles. The minimum absolute atomic E-state index is 0.168. The molecule has 4 aromatic rings. The number of benzene rings is 2. The van der Waals surface area contributed by atoms with Crippen LogP contribution in [0.3, 0.4) is 0 Å². The summed E-state index contributed by atoms with van der Waals surface area (Å²) in [6.07, 6.45) is 3.41. The number of hydrogen-bond acceptors (Lipinski definition) is 4. The number of carbonyl (C=O) groups is 1. The van der Waals surface area contributed by atoms with E-state index in [1.807, 2.05) is 15.7 Å². The number of amides is 1. The largest absolute Gasteiger partial charge is 0.497 e. The molecule has 2 aromatic carbocycles. The molecule has 2 aromatic heterocycles. The highest BCUT2D eigenvalue weighted by Gasteiger charge is 2.44. The number of aromatic nitrogens is 3. The molecule has 0 saturated heterocycles. The summed E-state index contributed by atoms with van der Waals surface area (Å²) in [7, 11) is 6.95. The summed E-state index contributed by atoms with van der Waals surface area (Å²) in [5.41, 5.74) is 2.52. The van der Waals surface area contributed by atoms with Gasteiger partial charge in [-0.25, -0.2) is 8.78 Å². The molecule has 0 spiro atoms. The Morgan fingerprint density at radius 1 is 1.12 bits per heavy atom. The van der Waals surface area contributed by atoms with Crippen LogP contribution in [0.2, 0.25) is 0 Å². The van der Waals surface area contributed by atoms with Gasteiger partial charge in [0.25, 0.3) is 5.91 Å². The fourth-order valence-corrected chi connectivity index (χ4v) is 4.50. The van der Waals surface area contributed by atoms with Gasteiger partial charge >= 0.3 is 0 Å². The summed E-state index contributed by atoms with van der Waals surface area (Å²) in [6.45, 7) is -0.208. The van der Waals surface area contributed by atoms with Gasteiger partial charge in [-0.15, -0.1) is 0 Å². The van der Waals surface area contributed by atoms with Crippen LogP contribution in [0.25, 0.3) is 22.0 Å². The predicted octanol–water partition coefficient (Wildman–Crippen LogP) is 1.95. The van der Waals surface area contributed by atoms with Crippen LogP contribution in [0.4, 0.5) is 8.78 Å². The van der Waals surface area contributed by atoms with Gasteiger partial charge < -0.3 is 9.64 Å². The number of ether oxygens (including phenoxy) is 1. The lowest BCUT2D eigenvalue weighted by Gasteiger charge is -2.32.